The van der Waals surface area contributed by atoms with Crippen molar-refractivity contribution in [3.8, 4) is 6.07 Å². The van der Waals surface area contributed by atoms with Crippen molar-refractivity contribution in [1.29, 1.82) is 5.26 Å². The van der Waals surface area contributed by atoms with Gasteiger partial charge in [0.2, 0.25) is 10.0 Å². The Bertz CT molecular complexity index is 841. The first-order valence-electron chi connectivity index (χ1n) is 6.80. The third-order valence-electron chi connectivity index (χ3n) is 3.31. The average Bonchev–Trinajstić information content (AvgIpc) is 2.53. The predicted molar refractivity (Wildman–Crippen MR) is 85.8 cm³/mol. The van der Waals surface area contributed by atoms with Crippen LogP contribution in [0.4, 0.5) is 10.1 Å². The number of hydrogen-bond donors (Lipinski definition) is 1. The third-order valence-corrected chi connectivity index (χ3v) is 5.14. The molecule has 0 atom stereocenters. The molecule has 0 heterocycles. The number of nitrogens with zero attached hydrogens (tertiary/aromatic N) is 2. The van der Waals surface area contributed by atoms with Gasteiger partial charge in [0.25, 0.3) is 0 Å². The third kappa shape index (κ3) is 3.67. The fraction of sp³-hybridized carbons (Fsp3) is 0.188. The molecule has 0 bridgehead atoms. The van der Waals surface area contributed by atoms with Crippen LogP contribution >= 0.6 is 0 Å². The van der Waals surface area contributed by atoms with Crippen molar-refractivity contribution in [2.24, 2.45) is 0 Å². The highest BCUT2D eigenvalue weighted by Crippen LogP contribution is 2.19. The van der Waals surface area contributed by atoms with Crippen LogP contribution in [-0.2, 0) is 16.6 Å². The number of benzene rings is 2. The molecule has 2 aromatic rings. The molecule has 1 N–H and O–H groups in total. The van der Waals surface area contributed by atoms with Gasteiger partial charge in [-0.25, -0.2) is 17.1 Å². The molecule has 120 valence electrons. The van der Waals surface area contributed by atoms with E-state index in [0.717, 1.165) is 9.87 Å². The fourth-order valence-corrected chi connectivity index (χ4v) is 2.87. The standard InChI is InChI=1S/C16H16FN3O2S/c1-20(2)23(21,22)13-8-6-12(7-9-13)11-19-16-5-3-4-15(17)14(16)10-18/h3-9,19H,11H2,1-2H3. The van der Waals surface area contributed by atoms with E-state index < -0.39 is 15.8 Å². The van der Waals surface area contributed by atoms with Crippen LogP contribution in [0.2, 0.25) is 0 Å². The molecule has 0 unspecified atom stereocenters. The van der Waals surface area contributed by atoms with Gasteiger partial charge in [0.05, 0.1) is 10.6 Å². The number of nitriles is 1. The van der Waals surface area contributed by atoms with Gasteiger partial charge in [0.1, 0.15) is 17.4 Å². The summed E-state index contributed by atoms with van der Waals surface area (Å²) < 4.78 is 38.6. The highest BCUT2D eigenvalue weighted by Gasteiger charge is 2.16. The largest absolute Gasteiger partial charge is 0.380 e. The molecule has 2 rings (SSSR count). The molecule has 0 aliphatic rings. The zero-order chi connectivity index (χ0) is 17.0. The molecule has 0 spiro atoms. The first kappa shape index (κ1) is 16.9. The van der Waals surface area contributed by atoms with Crippen molar-refractivity contribution in [3.63, 3.8) is 0 Å². The fourth-order valence-electron chi connectivity index (χ4n) is 1.97. The number of anilines is 1. The quantitative estimate of drug-likeness (QED) is 0.913. The molecular weight excluding hydrogens is 317 g/mol. The van der Waals surface area contributed by atoms with Gasteiger partial charge in [0, 0.05) is 20.6 Å². The van der Waals surface area contributed by atoms with Crippen molar-refractivity contribution in [1.82, 2.24) is 4.31 Å². The Morgan fingerprint density at radius 3 is 2.39 bits per heavy atom. The summed E-state index contributed by atoms with van der Waals surface area (Å²) in [6.07, 6.45) is 0. The van der Waals surface area contributed by atoms with Crippen molar-refractivity contribution >= 4 is 15.7 Å². The van der Waals surface area contributed by atoms with Crippen LogP contribution in [0.1, 0.15) is 11.1 Å². The summed E-state index contributed by atoms with van der Waals surface area (Å²) in [7, 11) is -0.516. The normalized spacial score (nSPS) is 11.3. The lowest BCUT2D eigenvalue weighted by Gasteiger charge is -2.12. The number of nitrogens with one attached hydrogen (secondary N) is 1. The maximum Gasteiger partial charge on any atom is 0.242 e. The summed E-state index contributed by atoms with van der Waals surface area (Å²) in [6, 6.07) is 12.6. The molecule has 5 nitrogen and oxygen atoms in total. The van der Waals surface area contributed by atoms with Gasteiger partial charge in [-0.3, -0.25) is 0 Å². The zero-order valence-corrected chi connectivity index (χ0v) is 13.6. The first-order valence-corrected chi connectivity index (χ1v) is 8.24. The second-order valence-corrected chi connectivity index (χ2v) is 7.21. The van der Waals surface area contributed by atoms with Gasteiger partial charge in [0.15, 0.2) is 0 Å². The summed E-state index contributed by atoms with van der Waals surface area (Å²) in [6.45, 7) is 0.348. The van der Waals surface area contributed by atoms with E-state index in [0.29, 0.717) is 12.2 Å². The SMILES string of the molecule is CN(C)S(=O)(=O)c1ccc(CNc2cccc(F)c2C#N)cc1. The molecule has 0 saturated heterocycles. The smallest absolute Gasteiger partial charge is 0.242 e. The molecular formula is C16H16FN3O2S. The van der Waals surface area contributed by atoms with Gasteiger partial charge in [-0.15, -0.1) is 0 Å². The van der Waals surface area contributed by atoms with Gasteiger partial charge in [-0.05, 0) is 29.8 Å². The maximum atomic E-state index is 13.5. The Morgan fingerprint density at radius 2 is 1.83 bits per heavy atom. The summed E-state index contributed by atoms with van der Waals surface area (Å²) in [5, 5.41) is 12.0. The Balaban J connectivity index is 2.15. The number of hydrogen-bond acceptors (Lipinski definition) is 4. The van der Waals surface area contributed by atoms with Crippen molar-refractivity contribution < 1.29 is 12.8 Å². The van der Waals surface area contributed by atoms with Crippen molar-refractivity contribution in [2.75, 3.05) is 19.4 Å². The van der Waals surface area contributed by atoms with Crippen LogP contribution in [0.3, 0.4) is 0 Å². The van der Waals surface area contributed by atoms with E-state index in [1.165, 1.54) is 38.4 Å². The van der Waals surface area contributed by atoms with Crippen LogP contribution in [0.5, 0.6) is 0 Å². The van der Waals surface area contributed by atoms with E-state index in [4.69, 9.17) is 5.26 Å². The second kappa shape index (κ2) is 6.77. The van der Waals surface area contributed by atoms with Gasteiger partial charge in [-0.2, -0.15) is 5.26 Å². The summed E-state index contributed by atoms with van der Waals surface area (Å²) in [5.74, 6) is -0.579. The molecule has 0 aromatic heterocycles. The number of halogens is 1. The van der Waals surface area contributed by atoms with Crippen LogP contribution in [0.25, 0.3) is 0 Å². The molecule has 0 saturated carbocycles. The van der Waals surface area contributed by atoms with E-state index in [-0.39, 0.29) is 10.5 Å². The van der Waals surface area contributed by atoms with Crippen LogP contribution in [-0.4, -0.2) is 26.8 Å². The monoisotopic (exact) mass is 333 g/mol. The van der Waals surface area contributed by atoms with E-state index in [1.54, 1.807) is 18.2 Å². The first-order chi connectivity index (χ1) is 10.9. The Hall–Kier alpha value is -2.43. The molecule has 0 fully saturated rings. The van der Waals surface area contributed by atoms with Crippen LogP contribution in [0.15, 0.2) is 47.4 Å². The lowest BCUT2D eigenvalue weighted by molar-refractivity contribution is 0.520. The van der Waals surface area contributed by atoms with Gasteiger partial charge >= 0.3 is 0 Å². The molecule has 23 heavy (non-hydrogen) atoms. The number of rotatable bonds is 5. The minimum absolute atomic E-state index is 0.0423. The summed E-state index contributed by atoms with van der Waals surface area (Å²) in [5.41, 5.74) is 1.17. The van der Waals surface area contributed by atoms with Crippen molar-refractivity contribution in [3.05, 3.63) is 59.4 Å². The minimum atomic E-state index is -3.46. The molecule has 0 aliphatic carbocycles. The zero-order valence-electron chi connectivity index (χ0n) is 12.7. The van der Waals surface area contributed by atoms with Crippen LogP contribution < -0.4 is 5.32 Å². The number of sulfonamides is 1. The van der Waals surface area contributed by atoms with Crippen molar-refractivity contribution in [2.45, 2.75) is 11.4 Å². The highest BCUT2D eigenvalue weighted by atomic mass is 32.2. The Kier molecular flexibility index (Phi) is 4.98. The maximum absolute atomic E-state index is 13.5. The topological polar surface area (TPSA) is 73.2 Å². The van der Waals surface area contributed by atoms with E-state index in [1.807, 2.05) is 6.07 Å². The van der Waals surface area contributed by atoms with Gasteiger partial charge < -0.3 is 5.32 Å². The van der Waals surface area contributed by atoms with E-state index in [2.05, 4.69) is 5.32 Å². The van der Waals surface area contributed by atoms with Crippen LogP contribution in [0, 0.1) is 17.1 Å². The molecule has 0 aliphatic heterocycles. The Morgan fingerprint density at radius 1 is 1.17 bits per heavy atom. The van der Waals surface area contributed by atoms with E-state index in [9.17, 15) is 12.8 Å². The Labute approximate surface area is 135 Å². The lowest BCUT2D eigenvalue weighted by Crippen LogP contribution is -2.22. The molecule has 0 amide bonds. The molecule has 0 radical (unpaired) electrons. The summed E-state index contributed by atoms with van der Waals surface area (Å²) >= 11 is 0. The van der Waals surface area contributed by atoms with E-state index >= 15 is 0 Å². The average molecular weight is 333 g/mol. The lowest BCUT2D eigenvalue weighted by atomic mass is 10.1. The highest BCUT2D eigenvalue weighted by molar-refractivity contribution is 7.89. The molecule has 2 aromatic carbocycles. The summed E-state index contributed by atoms with van der Waals surface area (Å²) in [4.78, 5) is 0.203. The second-order valence-electron chi connectivity index (χ2n) is 5.06. The molecule has 7 heteroatoms. The minimum Gasteiger partial charge on any atom is -0.380 e. The predicted octanol–water partition coefficient (Wildman–Crippen LogP) is 2.56. The van der Waals surface area contributed by atoms with Gasteiger partial charge in [-0.1, -0.05) is 18.2 Å².